The highest BCUT2D eigenvalue weighted by atomic mass is 16.3. The number of phenolic OH excluding ortho intramolecular Hbond substituents is 1. The van der Waals surface area contributed by atoms with Gasteiger partial charge in [-0.15, -0.1) is 0 Å². The molecule has 2 fully saturated rings. The number of benzene rings is 1. The van der Waals surface area contributed by atoms with Gasteiger partial charge in [0.2, 0.25) is 0 Å². The lowest BCUT2D eigenvalue weighted by Gasteiger charge is -2.29. The smallest absolute Gasteiger partial charge is 0.193 e. The Balaban J connectivity index is 1.36. The molecule has 2 aliphatic rings. The van der Waals surface area contributed by atoms with Crippen molar-refractivity contribution < 1.29 is 5.11 Å². The molecule has 1 atom stereocenters. The van der Waals surface area contributed by atoms with Crippen LogP contribution in [0.25, 0.3) is 0 Å². The van der Waals surface area contributed by atoms with Crippen LogP contribution in [0, 0.1) is 5.92 Å². The van der Waals surface area contributed by atoms with Gasteiger partial charge in [0.1, 0.15) is 5.75 Å². The van der Waals surface area contributed by atoms with Gasteiger partial charge in [-0.05, 0) is 68.8 Å². The van der Waals surface area contributed by atoms with E-state index in [1.54, 1.807) is 12.1 Å². The highest BCUT2D eigenvalue weighted by molar-refractivity contribution is 5.80. The van der Waals surface area contributed by atoms with Crippen molar-refractivity contribution in [3.63, 3.8) is 0 Å². The van der Waals surface area contributed by atoms with Crippen molar-refractivity contribution in [3.05, 3.63) is 29.8 Å². The molecule has 2 saturated heterocycles. The zero-order valence-corrected chi connectivity index (χ0v) is 16.2. The van der Waals surface area contributed by atoms with Gasteiger partial charge >= 0.3 is 0 Å². The maximum atomic E-state index is 9.34. The molecule has 1 unspecified atom stereocenters. The van der Waals surface area contributed by atoms with Crippen LogP contribution in [-0.2, 0) is 6.42 Å². The minimum absolute atomic E-state index is 0.334. The molecule has 2 N–H and O–H groups in total. The summed E-state index contributed by atoms with van der Waals surface area (Å²) in [5.41, 5.74) is 1.27. The molecule has 5 heteroatoms. The van der Waals surface area contributed by atoms with Gasteiger partial charge < -0.3 is 20.2 Å². The van der Waals surface area contributed by atoms with Gasteiger partial charge in [0.05, 0.1) is 0 Å². The average Bonchev–Trinajstić information content (AvgIpc) is 3.12. The fourth-order valence-corrected chi connectivity index (χ4v) is 4.17. The van der Waals surface area contributed by atoms with Crippen LogP contribution in [-0.4, -0.2) is 67.2 Å². The molecule has 0 bridgehead atoms. The van der Waals surface area contributed by atoms with Crippen LogP contribution in [0.15, 0.2) is 29.3 Å². The van der Waals surface area contributed by atoms with Crippen LogP contribution in [0.1, 0.15) is 37.7 Å². The second kappa shape index (κ2) is 9.81. The summed E-state index contributed by atoms with van der Waals surface area (Å²) >= 11 is 0. The number of guanidine groups is 1. The normalized spacial score (nSPS) is 22.0. The van der Waals surface area contributed by atoms with Crippen molar-refractivity contribution in [3.8, 4) is 5.75 Å². The second-order valence-corrected chi connectivity index (χ2v) is 7.71. The molecule has 144 valence electrons. The lowest BCUT2D eigenvalue weighted by Crippen LogP contribution is -2.41. The summed E-state index contributed by atoms with van der Waals surface area (Å²) < 4.78 is 0. The number of rotatable bonds is 6. The van der Waals surface area contributed by atoms with Crippen LogP contribution >= 0.6 is 0 Å². The molecular weight excluding hydrogens is 324 g/mol. The molecular formula is C21H34N4O. The minimum Gasteiger partial charge on any atom is -0.508 e. The Labute approximate surface area is 158 Å². The fourth-order valence-electron chi connectivity index (χ4n) is 4.17. The Morgan fingerprint density at radius 1 is 1.15 bits per heavy atom. The monoisotopic (exact) mass is 358 g/mol. The number of piperidine rings is 1. The molecule has 2 aliphatic heterocycles. The van der Waals surface area contributed by atoms with Crippen LogP contribution in [0.3, 0.4) is 0 Å². The van der Waals surface area contributed by atoms with E-state index in [0.29, 0.717) is 5.75 Å². The number of likely N-dealkylation sites (tertiary alicyclic amines) is 2. The number of phenols is 1. The third-order valence-corrected chi connectivity index (χ3v) is 5.62. The van der Waals surface area contributed by atoms with Crippen molar-refractivity contribution in [2.24, 2.45) is 10.9 Å². The molecule has 0 saturated carbocycles. The van der Waals surface area contributed by atoms with E-state index in [1.165, 1.54) is 50.9 Å². The summed E-state index contributed by atoms with van der Waals surface area (Å²) in [6, 6.07) is 7.51. The van der Waals surface area contributed by atoms with E-state index >= 15 is 0 Å². The van der Waals surface area contributed by atoms with Crippen LogP contribution in [0.5, 0.6) is 5.75 Å². The summed E-state index contributed by atoms with van der Waals surface area (Å²) in [7, 11) is 1.89. The van der Waals surface area contributed by atoms with Crippen LogP contribution in [0.2, 0.25) is 0 Å². The first-order chi connectivity index (χ1) is 12.7. The summed E-state index contributed by atoms with van der Waals surface area (Å²) in [6.45, 7) is 7.03. The molecule has 1 aromatic carbocycles. The number of hydrogen-bond acceptors (Lipinski definition) is 3. The first-order valence-electron chi connectivity index (χ1n) is 10.2. The quantitative estimate of drug-likeness (QED) is 0.466. The Kier molecular flexibility index (Phi) is 7.18. The maximum Gasteiger partial charge on any atom is 0.193 e. The first kappa shape index (κ1) is 19.0. The predicted octanol–water partition coefficient (Wildman–Crippen LogP) is 2.71. The number of hydrogen-bond donors (Lipinski definition) is 2. The molecule has 5 nitrogen and oxygen atoms in total. The topological polar surface area (TPSA) is 51.1 Å². The average molecular weight is 359 g/mol. The van der Waals surface area contributed by atoms with Crippen molar-refractivity contribution in [2.75, 3.05) is 46.3 Å². The lowest BCUT2D eigenvalue weighted by molar-refractivity contribution is 0.198. The number of aliphatic imine (C=N–C) groups is 1. The zero-order chi connectivity index (χ0) is 18.2. The molecule has 1 aromatic rings. The van der Waals surface area contributed by atoms with Crippen molar-refractivity contribution in [1.82, 2.24) is 15.1 Å². The Morgan fingerprint density at radius 2 is 1.92 bits per heavy atom. The van der Waals surface area contributed by atoms with Crippen LogP contribution in [0.4, 0.5) is 0 Å². The lowest BCUT2D eigenvalue weighted by atomic mass is 10.1. The van der Waals surface area contributed by atoms with Gasteiger partial charge in [0.15, 0.2) is 5.96 Å². The summed E-state index contributed by atoms with van der Waals surface area (Å²) in [4.78, 5) is 9.58. The number of nitrogens with zero attached hydrogens (tertiary/aromatic N) is 3. The van der Waals surface area contributed by atoms with Gasteiger partial charge in [-0.3, -0.25) is 4.99 Å². The van der Waals surface area contributed by atoms with Gasteiger partial charge in [-0.2, -0.15) is 0 Å². The molecule has 0 aliphatic carbocycles. The summed E-state index contributed by atoms with van der Waals surface area (Å²) in [5.74, 6) is 2.17. The highest BCUT2D eigenvalue weighted by Crippen LogP contribution is 2.20. The first-order valence-corrected chi connectivity index (χ1v) is 10.2. The van der Waals surface area contributed by atoms with E-state index in [0.717, 1.165) is 44.4 Å². The van der Waals surface area contributed by atoms with Crippen molar-refractivity contribution in [1.29, 1.82) is 0 Å². The molecule has 0 spiro atoms. The largest absolute Gasteiger partial charge is 0.508 e. The highest BCUT2D eigenvalue weighted by Gasteiger charge is 2.26. The number of aryl methyl sites for hydroxylation is 1. The Bertz CT molecular complexity index is 566. The van der Waals surface area contributed by atoms with E-state index < -0.39 is 0 Å². The molecule has 0 radical (unpaired) electrons. The van der Waals surface area contributed by atoms with E-state index in [1.807, 2.05) is 19.2 Å². The summed E-state index contributed by atoms with van der Waals surface area (Å²) in [5, 5.41) is 12.9. The van der Waals surface area contributed by atoms with Crippen molar-refractivity contribution >= 4 is 5.96 Å². The minimum atomic E-state index is 0.334. The van der Waals surface area contributed by atoms with Crippen molar-refractivity contribution in [2.45, 2.75) is 38.5 Å². The molecule has 2 heterocycles. The van der Waals surface area contributed by atoms with Gasteiger partial charge in [-0.1, -0.05) is 18.6 Å². The van der Waals surface area contributed by atoms with Gasteiger partial charge in [-0.25, -0.2) is 0 Å². The maximum absolute atomic E-state index is 9.34. The van der Waals surface area contributed by atoms with Gasteiger partial charge in [0.25, 0.3) is 0 Å². The molecule has 3 rings (SSSR count). The third kappa shape index (κ3) is 5.63. The standard InChI is InChI=1S/C21H34N4O/c1-22-21(23-12-5-6-18-7-9-20(26)10-8-18)25-15-11-19(17-25)16-24-13-3-2-4-14-24/h7-10,19,26H,2-6,11-17H2,1H3,(H,22,23). The van der Waals surface area contributed by atoms with E-state index in [9.17, 15) is 5.11 Å². The van der Waals surface area contributed by atoms with Crippen LogP contribution < -0.4 is 5.32 Å². The predicted molar refractivity (Wildman–Crippen MR) is 108 cm³/mol. The Hall–Kier alpha value is -1.75. The molecule has 0 amide bonds. The SMILES string of the molecule is CN=C(NCCCc1ccc(O)cc1)N1CCC(CN2CCCCC2)C1. The van der Waals surface area contributed by atoms with E-state index in [-0.39, 0.29) is 0 Å². The third-order valence-electron chi connectivity index (χ3n) is 5.62. The Morgan fingerprint density at radius 3 is 2.65 bits per heavy atom. The zero-order valence-electron chi connectivity index (χ0n) is 16.2. The number of aromatic hydroxyl groups is 1. The number of nitrogens with one attached hydrogen (secondary N) is 1. The van der Waals surface area contributed by atoms with E-state index in [2.05, 4.69) is 20.1 Å². The summed E-state index contributed by atoms with van der Waals surface area (Å²) in [6.07, 6.45) is 7.52. The molecule has 0 aromatic heterocycles. The van der Waals surface area contributed by atoms with Gasteiger partial charge in [0, 0.05) is 33.2 Å². The molecule has 26 heavy (non-hydrogen) atoms. The second-order valence-electron chi connectivity index (χ2n) is 7.71. The fraction of sp³-hybridized carbons (Fsp3) is 0.667. The van der Waals surface area contributed by atoms with E-state index in [4.69, 9.17) is 0 Å².